The number of benzene rings is 3. The molecule has 3 aromatic rings. The highest BCUT2D eigenvalue weighted by Crippen LogP contribution is 2.40. The third kappa shape index (κ3) is 7.14. The summed E-state index contributed by atoms with van der Waals surface area (Å²) in [6.07, 6.45) is 6.94. The topological polar surface area (TPSA) is 18.5 Å². The monoisotopic (exact) mass is 542 g/mol. The number of aryl methyl sites for hydroxylation is 1. The first-order valence-electron chi connectivity index (χ1n) is 14.2. The number of hydrogen-bond acceptors (Lipinski definition) is 2. The van der Waals surface area contributed by atoms with E-state index >= 15 is 0 Å². The second-order valence-electron chi connectivity index (χ2n) is 10.5. The van der Waals surface area contributed by atoms with Gasteiger partial charge in [0.05, 0.1) is 13.2 Å². The second-order valence-corrected chi connectivity index (χ2v) is 10.5. The van der Waals surface area contributed by atoms with Crippen LogP contribution < -0.4 is 9.47 Å². The quantitative estimate of drug-likeness (QED) is 0.168. The molecule has 6 heteroatoms. The predicted molar refractivity (Wildman–Crippen MR) is 147 cm³/mol. The Hall–Kier alpha value is -3.02. The van der Waals surface area contributed by atoms with E-state index in [4.69, 9.17) is 9.47 Å². The molecule has 0 atom stereocenters. The van der Waals surface area contributed by atoms with Gasteiger partial charge in [-0.2, -0.15) is 4.39 Å². The van der Waals surface area contributed by atoms with E-state index in [0.717, 1.165) is 51.4 Å². The molecule has 210 valence electrons. The van der Waals surface area contributed by atoms with Crippen molar-refractivity contribution in [3.63, 3.8) is 0 Å². The summed E-state index contributed by atoms with van der Waals surface area (Å²) in [7, 11) is 0. The summed E-state index contributed by atoms with van der Waals surface area (Å²) in [5.74, 6) is -2.40. The van der Waals surface area contributed by atoms with Crippen molar-refractivity contribution in [3.8, 4) is 22.6 Å². The van der Waals surface area contributed by atoms with Gasteiger partial charge in [0.2, 0.25) is 5.82 Å². The summed E-state index contributed by atoms with van der Waals surface area (Å²) in [4.78, 5) is 0. The molecule has 0 saturated heterocycles. The zero-order chi connectivity index (χ0) is 27.8. The lowest BCUT2D eigenvalue weighted by Crippen LogP contribution is -2.16. The third-order valence-corrected chi connectivity index (χ3v) is 7.74. The lowest BCUT2D eigenvalue weighted by Gasteiger charge is -2.29. The smallest absolute Gasteiger partial charge is 0.200 e. The molecule has 1 aliphatic carbocycles. The largest absolute Gasteiger partial charge is 0.494 e. The van der Waals surface area contributed by atoms with Crippen molar-refractivity contribution in [2.75, 3.05) is 13.2 Å². The van der Waals surface area contributed by atoms with Crippen LogP contribution in [0.3, 0.4) is 0 Å². The standard InChI is InChI=1S/C33H38F4O2/c1-3-5-21-39-29-19-18-28(32(36)33(29)37)23-9-6-22(7-10-23)8-11-25-14-17-27(31(35)30(25)34)24-12-15-26(16-13-24)38-20-4-2/h12-19,22-23H,3-11,20-21H2,1-2H3. The Labute approximate surface area is 229 Å². The minimum absolute atomic E-state index is 0.0309. The van der Waals surface area contributed by atoms with E-state index in [1.807, 2.05) is 13.8 Å². The van der Waals surface area contributed by atoms with Gasteiger partial charge in [0, 0.05) is 5.56 Å². The molecule has 1 aliphatic rings. The van der Waals surface area contributed by atoms with Gasteiger partial charge in [0.25, 0.3) is 0 Å². The fourth-order valence-corrected chi connectivity index (χ4v) is 5.38. The van der Waals surface area contributed by atoms with E-state index in [1.54, 1.807) is 42.5 Å². The van der Waals surface area contributed by atoms with Crippen molar-refractivity contribution in [2.24, 2.45) is 5.92 Å². The van der Waals surface area contributed by atoms with Crippen LogP contribution in [0, 0.1) is 29.2 Å². The molecule has 1 saturated carbocycles. The van der Waals surface area contributed by atoms with E-state index in [-0.39, 0.29) is 17.2 Å². The van der Waals surface area contributed by atoms with Crippen molar-refractivity contribution in [1.82, 2.24) is 0 Å². The van der Waals surface area contributed by atoms with E-state index in [1.165, 1.54) is 6.07 Å². The Balaban J connectivity index is 1.32. The molecule has 0 amide bonds. The molecular weight excluding hydrogens is 504 g/mol. The van der Waals surface area contributed by atoms with E-state index in [2.05, 4.69) is 0 Å². The lowest BCUT2D eigenvalue weighted by molar-refractivity contribution is 0.283. The molecule has 1 fully saturated rings. The van der Waals surface area contributed by atoms with Crippen molar-refractivity contribution >= 4 is 0 Å². The van der Waals surface area contributed by atoms with Gasteiger partial charge in [-0.1, -0.05) is 50.6 Å². The molecule has 3 aromatic carbocycles. The highest BCUT2D eigenvalue weighted by Gasteiger charge is 2.27. The van der Waals surface area contributed by atoms with E-state index in [9.17, 15) is 17.6 Å². The highest BCUT2D eigenvalue weighted by atomic mass is 19.2. The first-order chi connectivity index (χ1) is 18.9. The Kier molecular flexibility index (Phi) is 10.3. The van der Waals surface area contributed by atoms with Crippen LogP contribution in [0.1, 0.15) is 82.3 Å². The molecule has 0 spiro atoms. The Bertz CT molecular complexity index is 1220. The molecule has 2 nitrogen and oxygen atoms in total. The van der Waals surface area contributed by atoms with Gasteiger partial charge in [-0.3, -0.25) is 0 Å². The number of halogens is 4. The van der Waals surface area contributed by atoms with Crippen LogP contribution in [0.15, 0.2) is 48.5 Å². The highest BCUT2D eigenvalue weighted by molar-refractivity contribution is 5.65. The number of hydrogen-bond donors (Lipinski definition) is 0. The maximum Gasteiger partial charge on any atom is 0.200 e. The van der Waals surface area contributed by atoms with Crippen LogP contribution in [0.4, 0.5) is 17.6 Å². The number of rotatable bonds is 12. The molecule has 39 heavy (non-hydrogen) atoms. The van der Waals surface area contributed by atoms with Crippen molar-refractivity contribution in [3.05, 3.63) is 82.9 Å². The molecule has 0 radical (unpaired) electrons. The zero-order valence-corrected chi connectivity index (χ0v) is 22.9. The zero-order valence-electron chi connectivity index (χ0n) is 22.9. The van der Waals surface area contributed by atoms with Crippen molar-refractivity contribution in [1.29, 1.82) is 0 Å². The van der Waals surface area contributed by atoms with Crippen LogP contribution in [0.5, 0.6) is 11.5 Å². The van der Waals surface area contributed by atoms with E-state index < -0.39 is 23.3 Å². The Morgan fingerprint density at radius 3 is 2.13 bits per heavy atom. The van der Waals surface area contributed by atoms with E-state index in [0.29, 0.717) is 48.0 Å². The maximum atomic E-state index is 15.0. The molecule has 0 aliphatic heterocycles. The predicted octanol–water partition coefficient (Wildman–Crippen LogP) is 9.78. The molecule has 0 unspecified atom stereocenters. The third-order valence-electron chi connectivity index (χ3n) is 7.74. The summed E-state index contributed by atoms with van der Waals surface area (Å²) in [6, 6.07) is 13.5. The average molecular weight is 543 g/mol. The second kappa shape index (κ2) is 13.9. The van der Waals surface area contributed by atoms with Gasteiger partial charge in [-0.15, -0.1) is 0 Å². The van der Waals surface area contributed by atoms with Crippen LogP contribution in [-0.4, -0.2) is 13.2 Å². The van der Waals surface area contributed by atoms with Crippen LogP contribution >= 0.6 is 0 Å². The minimum atomic E-state index is -0.910. The first-order valence-corrected chi connectivity index (χ1v) is 14.2. The summed E-state index contributed by atoms with van der Waals surface area (Å²) in [6.45, 7) is 5.01. The van der Waals surface area contributed by atoms with Crippen molar-refractivity contribution in [2.45, 2.75) is 77.6 Å². The molecule has 4 rings (SSSR count). The van der Waals surface area contributed by atoms with Crippen LogP contribution in [-0.2, 0) is 6.42 Å². The normalized spacial score (nSPS) is 17.3. The Morgan fingerprint density at radius 2 is 1.44 bits per heavy atom. The minimum Gasteiger partial charge on any atom is -0.494 e. The van der Waals surface area contributed by atoms with Crippen molar-refractivity contribution < 1.29 is 27.0 Å². The van der Waals surface area contributed by atoms with Crippen LogP contribution in [0.25, 0.3) is 11.1 Å². The summed E-state index contributed by atoms with van der Waals surface area (Å²) < 4.78 is 70.2. The fraction of sp³-hybridized carbons (Fsp3) is 0.455. The summed E-state index contributed by atoms with van der Waals surface area (Å²) in [5, 5.41) is 0. The van der Waals surface area contributed by atoms with Crippen LogP contribution in [0.2, 0.25) is 0 Å². The summed E-state index contributed by atoms with van der Waals surface area (Å²) in [5.41, 5.74) is 1.61. The molecule has 0 N–H and O–H groups in total. The van der Waals surface area contributed by atoms with Gasteiger partial charge >= 0.3 is 0 Å². The number of ether oxygens (including phenoxy) is 2. The Morgan fingerprint density at radius 1 is 0.692 bits per heavy atom. The SMILES string of the molecule is CCCCOc1ccc(C2CCC(CCc3ccc(-c4ccc(OCCC)cc4)c(F)c3F)CC2)c(F)c1F. The van der Waals surface area contributed by atoms with Gasteiger partial charge in [-0.05, 0) is 98.1 Å². The molecule has 0 aromatic heterocycles. The average Bonchev–Trinajstić information content (AvgIpc) is 2.96. The maximum absolute atomic E-state index is 15.0. The fourth-order valence-electron chi connectivity index (χ4n) is 5.38. The molecule has 0 heterocycles. The van der Waals surface area contributed by atoms with Gasteiger partial charge in [0.15, 0.2) is 23.2 Å². The number of unbranched alkanes of at least 4 members (excludes halogenated alkanes) is 1. The summed E-state index contributed by atoms with van der Waals surface area (Å²) >= 11 is 0. The first kappa shape index (κ1) is 29.0. The molecule has 0 bridgehead atoms. The van der Waals surface area contributed by atoms with Gasteiger partial charge in [0.1, 0.15) is 5.75 Å². The lowest BCUT2D eigenvalue weighted by atomic mass is 9.76. The molecular formula is C33H38F4O2. The van der Waals surface area contributed by atoms with Gasteiger partial charge in [-0.25, -0.2) is 13.2 Å². The van der Waals surface area contributed by atoms with Gasteiger partial charge < -0.3 is 9.47 Å².